The van der Waals surface area contributed by atoms with Crippen LogP contribution in [0.3, 0.4) is 0 Å². The van der Waals surface area contributed by atoms with Crippen molar-refractivity contribution in [3.05, 3.63) is 30.1 Å². The van der Waals surface area contributed by atoms with Crippen LogP contribution >= 0.6 is 11.8 Å². The van der Waals surface area contributed by atoms with Crippen LogP contribution in [0.5, 0.6) is 0 Å². The number of aromatic nitrogens is 1. The number of carbonyl (C=O) groups is 1. The van der Waals surface area contributed by atoms with Crippen molar-refractivity contribution in [3.63, 3.8) is 0 Å². The normalized spacial score (nSPS) is 37.5. The lowest BCUT2D eigenvalue weighted by Crippen LogP contribution is -2.34. The van der Waals surface area contributed by atoms with Gasteiger partial charge in [0.15, 0.2) is 0 Å². The summed E-state index contributed by atoms with van der Waals surface area (Å²) < 4.78 is 0. The van der Waals surface area contributed by atoms with Crippen LogP contribution in [0.2, 0.25) is 0 Å². The van der Waals surface area contributed by atoms with Gasteiger partial charge in [0.25, 0.3) is 0 Å². The molecule has 106 valence electrons. The van der Waals surface area contributed by atoms with E-state index in [0.29, 0.717) is 11.5 Å². The standard InChI is InChI=1S/C17H21NOS/c19-16(11-20-10-12-2-1-3-18-9-12)17-7-13-4-14(8-17)6-15(17)5-13/h1-3,9,13-15H,4-8,10-11H2. The summed E-state index contributed by atoms with van der Waals surface area (Å²) in [4.78, 5) is 16.9. The molecule has 1 aromatic rings. The lowest BCUT2D eigenvalue weighted by atomic mass is 9.73. The molecule has 5 rings (SSSR count). The maximum atomic E-state index is 12.8. The van der Waals surface area contributed by atoms with E-state index in [-0.39, 0.29) is 5.41 Å². The molecule has 0 saturated heterocycles. The van der Waals surface area contributed by atoms with Gasteiger partial charge in [0.05, 0.1) is 5.75 Å². The molecular formula is C17H21NOS. The van der Waals surface area contributed by atoms with Gasteiger partial charge in [0.2, 0.25) is 0 Å². The smallest absolute Gasteiger partial charge is 0.149 e. The first-order valence-corrected chi connectivity index (χ1v) is 8.92. The highest BCUT2D eigenvalue weighted by molar-refractivity contribution is 7.99. The summed E-state index contributed by atoms with van der Waals surface area (Å²) in [6, 6.07) is 4.06. The van der Waals surface area contributed by atoms with E-state index in [2.05, 4.69) is 11.1 Å². The van der Waals surface area contributed by atoms with Gasteiger partial charge in [0.1, 0.15) is 5.78 Å². The molecule has 1 heterocycles. The second-order valence-corrected chi connectivity index (χ2v) is 7.96. The highest BCUT2D eigenvalue weighted by Gasteiger charge is 2.60. The van der Waals surface area contributed by atoms with Gasteiger partial charge in [-0.2, -0.15) is 0 Å². The Morgan fingerprint density at radius 2 is 2.10 bits per heavy atom. The number of thioether (sulfide) groups is 1. The molecule has 0 N–H and O–H groups in total. The van der Waals surface area contributed by atoms with Gasteiger partial charge in [-0.05, 0) is 61.5 Å². The van der Waals surface area contributed by atoms with Crippen molar-refractivity contribution in [2.24, 2.45) is 23.2 Å². The topological polar surface area (TPSA) is 30.0 Å². The van der Waals surface area contributed by atoms with E-state index in [0.717, 1.165) is 23.5 Å². The molecule has 3 heteroatoms. The maximum Gasteiger partial charge on any atom is 0.149 e. The third kappa shape index (κ3) is 2.02. The number of nitrogens with zero attached hydrogens (tertiary/aromatic N) is 1. The first-order chi connectivity index (χ1) is 9.76. The van der Waals surface area contributed by atoms with Crippen molar-refractivity contribution in [2.75, 3.05) is 5.75 Å². The zero-order valence-electron chi connectivity index (χ0n) is 11.8. The lowest BCUT2D eigenvalue weighted by Gasteiger charge is -2.31. The van der Waals surface area contributed by atoms with Crippen LogP contribution in [0.4, 0.5) is 0 Å². The Balaban J connectivity index is 1.37. The molecule has 2 unspecified atom stereocenters. The first-order valence-electron chi connectivity index (χ1n) is 7.76. The van der Waals surface area contributed by atoms with E-state index in [4.69, 9.17) is 0 Å². The van der Waals surface area contributed by atoms with Gasteiger partial charge in [-0.15, -0.1) is 11.8 Å². The van der Waals surface area contributed by atoms with Crippen molar-refractivity contribution in [2.45, 2.75) is 37.9 Å². The molecule has 0 aromatic carbocycles. The van der Waals surface area contributed by atoms with Gasteiger partial charge < -0.3 is 0 Å². The Hall–Kier alpha value is -0.830. The Morgan fingerprint density at radius 3 is 2.80 bits per heavy atom. The summed E-state index contributed by atoms with van der Waals surface area (Å²) in [6.45, 7) is 0. The third-order valence-corrected chi connectivity index (χ3v) is 6.77. The van der Waals surface area contributed by atoms with Crippen molar-refractivity contribution in [1.82, 2.24) is 4.98 Å². The summed E-state index contributed by atoms with van der Waals surface area (Å²) in [5, 5.41) is 0. The van der Waals surface area contributed by atoms with Crippen molar-refractivity contribution < 1.29 is 4.79 Å². The van der Waals surface area contributed by atoms with Gasteiger partial charge in [-0.25, -0.2) is 0 Å². The minimum atomic E-state index is 0.107. The van der Waals surface area contributed by atoms with E-state index in [1.807, 2.05) is 12.3 Å². The molecule has 20 heavy (non-hydrogen) atoms. The van der Waals surface area contributed by atoms with E-state index in [1.165, 1.54) is 37.7 Å². The fraction of sp³-hybridized carbons (Fsp3) is 0.647. The number of ketones is 1. The first kappa shape index (κ1) is 12.9. The SMILES string of the molecule is O=C(CSCc1cccnc1)C12CC3CC(CC1C3)C2. The number of Topliss-reactive ketones (excluding diaryl/α,β-unsaturated/α-hetero) is 1. The molecule has 4 bridgehead atoms. The summed E-state index contributed by atoms with van der Waals surface area (Å²) in [7, 11) is 0. The van der Waals surface area contributed by atoms with Crippen LogP contribution in [-0.2, 0) is 10.5 Å². The van der Waals surface area contributed by atoms with Crippen LogP contribution in [0.1, 0.15) is 37.7 Å². The maximum absolute atomic E-state index is 12.8. The van der Waals surface area contributed by atoms with Crippen molar-refractivity contribution >= 4 is 17.5 Å². The molecular weight excluding hydrogens is 266 g/mol. The summed E-state index contributed by atoms with van der Waals surface area (Å²) in [6.07, 6.45) is 10.2. The van der Waals surface area contributed by atoms with Gasteiger partial charge >= 0.3 is 0 Å². The number of carbonyl (C=O) groups excluding carboxylic acids is 1. The molecule has 4 aliphatic rings. The summed E-state index contributed by atoms with van der Waals surface area (Å²) in [5.41, 5.74) is 1.33. The minimum absolute atomic E-state index is 0.107. The fourth-order valence-corrected chi connectivity index (χ4v) is 6.12. The predicted octanol–water partition coefficient (Wildman–Crippen LogP) is 3.71. The largest absolute Gasteiger partial charge is 0.298 e. The minimum Gasteiger partial charge on any atom is -0.298 e. The van der Waals surface area contributed by atoms with Crippen molar-refractivity contribution in [3.8, 4) is 0 Å². The third-order valence-electron chi connectivity index (χ3n) is 5.77. The highest BCUT2D eigenvalue weighted by atomic mass is 32.2. The molecule has 2 atom stereocenters. The molecule has 0 amide bonds. The molecule has 0 aliphatic heterocycles. The summed E-state index contributed by atoms with van der Waals surface area (Å²) >= 11 is 1.77. The van der Waals surface area contributed by atoms with Crippen LogP contribution in [0.25, 0.3) is 0 Å². The molecule has 0 spiro atoms. The lowest BCUT2D eigenvalue weighted by molar-refractivity contribution is -0.127. The zero-order valence-corrected chi connectivity index (χ0v) is 12.6. The predicted molar refractivity (Wildman–Crippen MR) is 81.4 cm³/mol. The van der Waals surface area contributed by atoms with E-state index in [1.54, 1.807) is 18.0 Å². The fourth-order valence-electron chi connectivity index (χ4n) is 5.14. The molecule has 4 saturated carbocycles. The number of pyridine rings is 1. The van der Waals surface area contributed by atoms with Gasteiger partial charge in [-0.3, -0.25) is 9.78 Å². The molecule has 0 radical (unpaired) electrons. The van der Waals surface area contributed by atoms with Crippen LogP contribution < -0.4 is 0 Å². The average Bonchev–Trinajstić information content (AvgIpc) is 2.86. The Bertz CT molecular complexity index is 501. The second kappa shape index (κ2) is 4.87. The van der Waals surface area contributed by atoms with Crippen molar-refractivity contribution in [1.29, 1.82) is 0 Å². The van der Waals surface area contributed by atoms with E-state index < -0.39 is 0 Å². The monoisotopic (exact) mass is 287 g/mol. The molecule has 1 aromatic heterocycles. The van der Waals surface area contributed by atoms with Crippen LogP contribution in [-0.4, -0.2) is 16.5 Å². The Labute approximate surface area is 124 Å². The van der Waals surface area contributed by atoms with Gasteiger partial charge in [-0.1, -0.05) is 6.07 Å². The quantitative estimate of drug-likeness (QED) is 0.827. The molecule has 4 aliphatic carbocycles. The molecule has 2 nitrogen and oxygen atoms in total. The number of hydrogen-bond acceptors (Lipinski definition) is 3. The highest BCUT2D eigenvalue weighted by Crippen LogP contribution is 2.65. The van der Waals surface area contributed by atoms with Crippen LogP contribution in [0, 0.1) is 23.2 Å². The Kier molecular flexibility index (Phi) is 3.13. The number of hydrogen-bond donors (Lipinski definition) is 0. The zero-order chi connectivity index (χ0) is 13.6. The number of rotatable bonds is 5. The van der Waals surface area contributed by atoms with Crippen LogP contribution in [0.15, 0.2) is 24.5 Å². The second-order valence-electron chi connectivity index (χ2n) is 6.98. The van der Waals surface area contributed by atoms with Gasteiger partial charge in [0, 0.05) is 23.6 Å². The van der Waals surface area contributed by atoms with E-state index >= 15 is 0 Å². The Morgan fingerprint density at radius 1 is 1.30 bits per heavy atom. The van der Waals surface area contributed by atoms with E-state index in [9.17, 15) is 4.79 Å². The molecule has 4 fully saturated rings. The summed E-state index contributed by atoms with van der Waals surface area (Å²) in [5.74, 6) is 4.65. The average molecular weight is 287 g/mol.